The van der Waals surface area contributed by atoms with Gasteiger partial charge in [-0.15, -0.1) is 0 Å². The molecule has 8 nitrogen and oxygen atoms in total. The van der Waals surface area contributed by atoms with Crippen LogP contribution < -0.4 is 14.8 Å². The van der Waals surface area contributed by atoms with Crippen molar-refractivity contribution < 1.29 is 18.7 Å². The van der Waals surface area contributed by atoms with Gasteiger partial charge in [0.25, 0.3) is 5.91 Å². The van der Waals surface area contributed by atoms with Gasteiger partial charge in [-0.05, 0) is 68.6 Å². The number of aryl methyl sites for hydroxylation is 1. The Balaban J connectivity index is 1.12. The Labute approximate surface area is 191 Å². The number of carbonyl (C=O) groups is 1. The van der Waals surface area contributed by atoms with Crippen LogP contribution in [-0.4, -0.2) is 53.2 Å². The standard InChI is InChI=1S/C25H26N4O4/c1-15-27-20(11-21(28-15)22-3-2-8-31-22)19-13-29-7-6-16(19)9-18(29)12-26-25(30)17-4-5-23-24(10-17)33-14-32-23/h2-5,8,10-11,16,18-19H,6-7,9,12-14H2,1H3,(H,26,30)/t16-,18+,19+/m0/s1. The Hall–Kier alpha value is -3.39. The lowest BCUT2D eigenvalue weighted by molar-refractivity contribution is 0.0290. The van der Waals surface area contributed by atoms with Crippen LogP contribution in [0.3, 0.4) is 0 Å². The zero-order chi connectivity index (χ0) is 22.4. The van der Waals surface area contributed by atoms with Crippen molar-refractivity contribution in [3.05, 3.63) is 59.7 Å². The number of hydrogen-bond acceptors (Lipinski definition) is 7. The monoisotopic (exact) mass is 446 g/mol. The number of amides is 1. The molecule has 1 amide bonds. The Kier molecular flexibility index (Phi) is 5.02. The molecule has 2 bridgehead atoms. The van der Waals surface area contributed by atoms with E-state index in [0.717, 1.165) is 48.9 Å². The van der Waals surface area contributed by atoms with Gasteiger partial charge >= 0.3 is 0 Å². The zero-order valence-electron chi connectivity index (χ0n) is 18.5. The summed E-state index contributed by atoms with van der Waals surface area (Å²) in [5, 5.41) is 3.12. The molecule has 4 aliphatic rings. The summed E-state index contributed by atoms with van der Waals surface area (Å²) in [5.41, 5.74) is 2.52. The van der Waals surface area contributed by atoms with Gasteiger partial charge in [0.1, 0.15) is 11.5 Å². The van der Waals surface area contributed by atoms with E-state index >= 15 is 0 Å². The summed E-state index contributed by atoms with van der Waals surface area (Å²) in [6.07, 6.45) is 3.87. The number of carbonyl (C=O) groups excluding carboxylic acids is 1. The molecule has 4 atom stereocenters. The fourth-order valence-electron chi connectivity index (χ4n) is 5.37. The van der Waals surface area contributed by atoms with Gasteiger partial charge in [0.15, 0.2) is 17.3 Å². The third-order valence-corrected chi connectivity index (χ3v) is 7.02. The van der Waals surface area contributed by atoms with Crippen LogP contribution in [0.25, 0.3) is 11.5 Å². The molecule has 4 aliphatic heterocycles. The number of nitrogens with zero attached hydrogens (tertiary/aromatic N) is 3. The molecular weight excluding hydrogens is 420 g/mol. The van der Waals surface area contributed by atoms with Gasteiger partial charge in [-0.3, -0.25) is 9.69 Å². The molecular formula is C25H26N4O4. The molecule has 8 heteroatoms. The number of hydrogen-bond donors (Lipinski definition) is 1. The molecule has 33 heavy (non-hydrogen) atoms. The quantitative estimate of drug-likeness (QED) is 0.643. The first-order valence-corrected chi connectivity index (χ1v) is 11.5. The van der Waals surface area contributed by atoms with Gasteiger partial charge in [-0.1, -0.05) is 0 Å². The second kappa shape index (κ2) is 8.19. The molecule has 7 rings (SSSR count). The van der Waals surface area contributed by atoms with Crippen LogP contribution >= 0.6 is 0 Å². The lowest BCUT2D eigenvalue weighted by Crippen LogP contribution is -2.56. The van der Waals surface area contributed by atoms with Crippen molar-refractivity contribution in [2.75, 3.05) is 26.4 Å². The summed E-state index contributed by atoms with van der Waals surface area (Å²) in [6.45, 7) is 4.78. The summed E-state index contributed by atoms with van der Waals surface area (Å²) in [5.74, 6) is 3.68. The molecule has 6 heterocycles. The molecule has 170 valence electrons. The molecule has 3 fully saturated rings. The fourth-order valence-corrected chi connectivity index (χ4v) is 5.37. The van der Waals surface area contributed by atoms with Gasteiger partial charge in [0, 0.05) is 36.3 Å². The average molecular weight is 447 g/mol. The highest BCUT2D eigenvalue weighted by Gasteiger charge is 2.41. The average Bonchev–Trinajstić information content (AvgIpc) is 3.54. The van der Waals surface area contributed by atoms with E-state index in [2.05, 4.69) is 21.3 Å². The molecule has 2 aromatic heterocycles. The van der Waals surface area contributed by atoms with Crippen molar-refractivity contribution in [3.63, 3.8) is 0 Å². The number of piperidine rings is 3. The number of aromatic nitrogens is 2. The topological polar surface area (TPSA) is 89.7 Å². The van der Waals surface area contributed by atoms with E-state index in [0.29, 0.717) is 41.5 Å². The van der Waals surface area contributed by atoms with E-state index in [-0.39, 0.29) is 12.7 Å². The van der Waals surface area contributed by atoms with Crippen molar-refractivity contribution in [1.29, 1.82) is 0 Å². The van der Waals surface area contributed by atoms with Gasteiger partial charge in [-0.25, -0.2) is 9.97 Å². The van der Waals surface area contributed by atoms with Crippen molar-refractivity contribution in [2.45, 2.75) is 31.7 Å². The third-order valence-electron chi connectivity index (χ3n) is 7.02. The van der Waals surface area contributed by atoms with Gasteiger partial charge < -0.3 is 19.2 Å². The maximum Gasteiger partial charge on any atom is 0.251 e. The van der Waals surface area contributed by atoms with E-state index in [4.69, 9.17) is 18.9 Å². The Bertz CT molecular complexity index is 1180. The molecule has 1 unspecified atom stereocenters. The summed E-state index contributed by atoms with van der Waals surface area (Å²) < 4.78 is 16.3. The van der Waals surface area contributed by atoms with E-state index < -0.39 is 0 Å². The highest BCUT2D eigenvalue weighted by atomic mass is 16.7. The van der Waals surface area contributed by atoms with E-state index in [9.17, 15) is 4.79 Å². The maximum atomic E-state index is 12.7. The van der Waals surface area contributed by atoms with Crippen molar-refractivity contribution in [2.24, 2.45) is 5.92 Å². The molecule has 1 aromatic carbocycles. The Morgan fingerprint density at radius 1 is 1.18 bits per heavy atom. The van der Waals surface area contributed by atoms with Crippen LogP contribution in [0.15, 0.2) is 47.1 Å². The van der Waals surface area contributed by atoms with Gasteiger partial charge in [-0.2, -0.15) is 0 Å². The Morgan fingerprint density at radius 3 is 2.91 bits per heavy atom. The number of benzene rings is 1. The first-order valence-electron chi connectivity index (χ1n) is 11.5. The normalized spacial score (nSPS) is 25.2. The highest BCUT2D eigenvalue weighted by molar-refractivity contribution is 5.94. The highest BCUT2D eigenvalue weighted by Crippen LogP contribution is 2.41. The zero-order valence-corrected chi connectivity index (χ0v) is 18.5. The SMILES string of the molecule is Cc1nc(-c2ccco2)cc([C@@H]2CN3CC[C@H]2C[C@@H]3CNC(=O)c2ccc3c(c2)OCO3)n1. The van der Waals surface area contributed by atoms with E-state index in [1.54, 1.807) is 24.5 Å². The van der Waals surface area contributed by atoms with Crippen LogP contribution in [0.5, 0.6) is 11.5 Å². The molecule has 0 saturated carbocycles. The van der Waals surface area contributed by atoms with Crippen LogP contribution in [-0.2, 0) is 0 Å². The van der Waals surface area contributed by atoms with Crippen LogP contribution in [0.2, 0.25) is 0 Å². The van der Waals surface area contributed by atoms with E-state index in [1.165, 1.54) is 0 Å². The first-order chi connectivity index (χ1) is 16.1. The predicted molar refractivity (Wildman–Crippen MR) is 120 cm³/mol. The first kappa shape index (κ1) is 20.2. The lowest BCUT2D eigenvalue weighted by Gasteiger charge is -2.49. The van der Waals surface area contributed by atoms with Crippen LogP contribution in [0, 0.1) is 12.8 Å². The van der Waals surface area contributed by atoms with Crippen LogP contribution in [0.1, 0.15) is 40.6 Å². The second-order valence-corrected chi connectivity index (χ2v) is 9.02. The minimum absolute atomic E-state index is 0.0815. The van der Waals surface area contributed by atoms with Gasteiger partial charge in [0.05, 0.1) is 6.26 Å². The molecule has 3 saturated heterocycles. The summed E-state index contributed by atoms with van der Waals surface area (Å²) in [4.78, 5) is 24.6. The summed E-state index contributed by atoms with van der Waals surface area (Å²) in [6, 6.07) is 11.5. The Morgan fingerprint density at radius 2 is 2.09 bits per heavy atom. The van der Waals surface area contributed by atoms with E-state index in [1.807, 2.05) is 19.1 Å². The number of fused-ring (bicyclic) bond motifs is 4. The fraction of sp³-hybridized carbons (Fsp3) is 0.400. The third kappa shape index (κ3) is 3.84. The second-order valence-electron chi connectivity index (χ2n) is 9.02. The molecule has 0 radical (unpaired) electrons. The number of rotatable bonds is 5. The lowest BCUT2D eigenvalue weighted by atomic mass is 9.74. The van der Waals surface area contributed by atoms with Gasteiger partial charge in [0.2, 0.25) is 6.79 Å². The minimum Gasteiger partial charge on any atom is -0.463 e. The summed E-state index contributed by atoms with van der Waals surface area (Å²) in [7, 11) is 0. The minimum atomic E-state index is -0.0815. The molecule has 0 aliphatic carbocycles. The number of ether oxygens (including phenoxy) is 2. The number of nitrogens with one attached hydrogen (secondary N) is 1. The van der Waals surface area contributed by atoms with Crippen molar-refractivity contribution >= 4 is 5.91 Å². The van der Waals surface area contributed by atoms with Crippen molar-refractivity contribution in [1.82, 2.24) is 20.2 Å². The largest absolute Gasteiger partial charge is 0.463 e. The molecule has 1 N–H and O–H groups in total. The summed E-state index contributed by atoms with van der Waals surface area (Å²) >= 11 is 0. The maximum absolute atomic E-state index is 12.7. The molecule has 3 aromatic rings. The smallest absolute Gasteiger partial charge is 0.251 e. The van der Waals surface area contributed by atoms with Crippen LogP contribution in [0.4, 0.5) is 0 Å². The predicted octanol–water partition coefficient (Wildman–Crippen LogP) is 3.38. The van der Waals surface area contributed by atoms with Crippen molar-refractivity contribution in [3.8, 4) is 23.0 Å². The molecule has 0 spiro atoms. The number of furan rings is 1.